The predicted molar refractivity (Wildman–Crippen MR) is 136 cm³/mol. The van der Waals surface area contributed by atoms with Gasteiger partial charge in [0.15, 0.2) is 4.32 Å². The Bertz CT molecular complexity index is 1180. The fraction of sp³-hybridized carbons (Fsp3) is 0.120. The summed E-state index contributed by atoms with van der Waals surface area (Å²) in [6.45, 7) is 2.74. The van der Waals surface area contributed by atoms with Gasteiger partial charge < -0.3 is 9.47 Å². The number of amides is 1. The smallest absolute Gasteiger partial charge is 0.270 e. The van der Waals surface area contributed by atoms with Crippen LogP contribution in [0.3, 0.4) is 0 Å². The molecule has 0 spiro atoms. The van der Waals surface area contributed by atoms with Gasteiger partial charge in [-0.2, -0.15) is 0 Å². The molecule has 0 bridgehead atoms. The fourth-order valence-electron chi connectivity index (χ4n) is 3.19. The number of rotatable bonds is 7. The van der Waals surface area contributed by atoms with Crippen molar-refractivity contribution in [3.8, 4) is 11.5 Å². The van der Waals surface area contributed by atoms with Crippen LogP contribution < -0.4 is 14.4 Å². The molecule has 1 aliphatic rings. The van der Waals surface area contributed by atoms with Gasteiger partial charge in [-0.15, -0.1) is 0 Å². The Morgan fingerprint density at radius 3 is 2.41 bits per heavy atom. The van der Waals surface area contributed by atoms with Crippen molar-refractivity contribution >= 4 is 57.6 Å². The lowest BCUT2D eigenvalue weighted by molar-refractivity contribution is -0.113. The number of halogens is 1. The van der Waals surface area contributed by atoms with Gasteiger partial charge >= 0.3 is 0 Å². The van der Waals surface area contributed by atoms with E-state index in [2.05, 4.69) is 0 Å². The Kier molecular flexibility index (Phi) is 7.15. The summed E-state index contributed by atoms with van der Waals surface area (Å²) in [5.41, 5.74) is 2.52. The highest BCUT2D eigenvalue weighted by molar-refractivity contribution is 8.27. The highest BCUT2D eigenvalue weighted by Gasteiger charge is 2.33. The first kappa shape index (κ1) is 22.4. The molecule has 3 aromatic carbocycles. The average molecular weight is 482 g/mol. The fourth-order valence-corrected chi connectivity index (χ4v) is 4.66. The van der Waals surface area contributed by atoms with Gasteiger partial charge in [0.25, 0.3) is 5.91 Å². The zero-order valence-electron chi connectivity index (χ0n) is 17.3. The van der Waals surface area contributed by atoms with Crippen LogP contribution in [0.1, 0.15) is 11.1 Å². The van der Waals surface area contributed by atoms with Crippen molar-refractivity contribution < 1.29 is 14.3 Å². The minimum atomic E-state index is -0.167. The molecule has 4 rings (SSSR count). The van der Waals surface area contributed by atoms with E-state index in [0.717, 1.165) is 17.0 Å². The molecule has 1 saturated heterocycles. The number of ether oxygens (including phenoxy) is 2. The van der Waals surface area contributed by atoms with E-state index < -0.39 is 0 Å². The van der Waals surface area contributed by atoms with Crippen LogP contribution >= 0.6 is 35.6 Å². The first-order chi connectivity index (χ1) is 15.5. The number of hydrogen-bond acceptors (Lipinski definition) is 5. The lowest BCUT2D eigenvalue weighted by atomic mass is 10.1. The predicted octanol–water partition coefficient (Wildman–Crippen LogP) is 6.51. The molecule has 3 aromatic rings. The van der Waals surface area contributed by atoms with E-state index in [-0.39, 0.29) is 5.91 Å². The Labute approximate surface area is 201 Å². The molecule has 0 saturated carbocycles. The average Bonchev–Trinajstić information content (AvgIpc) is 3.07. The lowest BCUT2D eigenvalue weighted by Crippen LogP contribution is -2.27. The molecule has 1 aliphatic heterocycles. The second-order valence-electron chi connectivity index (χ2n) is 7.00. The molecular weight excluding hydrogens is 462 g/mol. The number of anilines is 1. The first-order valence-corrected chi connectivity index (χ1v) is 11.6. The third-order valence-electron chi connectivity index (χ3n) is 4.76. The van der Waals surface area contributed by atoms with Gasteiger partial charge in [0.1, 0.15) is 24.7 Å². The summed E-state index contributed by atoms with van der Waals surface area (Å²) in [5.74, 6) is 1.28. The number of nitrogens with zero attached hydrogens (tertiary/aromatic N) is 1. The molecule has 0 atom stereocenters. The maximum Gasteiger partial charge on any atom is 0.270 e. The number of hydrogen-bond donors (Lipinski definition) is 0. The molecule has 0 N–H and O–H groups in total. The zero-order chi connectivity index (χ0) is 22.5. The summed E-state index contributed by atoms with van der Waals surface area (Å²) >= 11 is 12.9. The molecule has 0 radical (unpaired) electrons. The van der Waals surface area contributed by atoms with Gasteiger partial charge in [0.05, 0.1) is 10.6 Å². The third-order valence-corrected chi connectivity index (χ3v) is 6.30. The van der Waals surface area contributed by atoms with E-state index in [1.54, 1.807) is 24.3 Å². The maximum absolute atomic E-state index is 13.0. The SMILES string of the molecule is Cc1ccccc1OCCOc1ccc(Cl)cc1C=C1SC(=S)N(c2ccccc2)C1=O. The number of carbonyl (C=O) groups excluding carboxylic acids is 1. The summed E-state index contributed by atoms with van der Waals surface area (Å²) in [5, 5.41) is 0.554. The second-order valence-corrected chi connectivity index (χ2v) is 9.11. The van der Waals surface area contributed by atoms with Gasteiger partial charge in [-0.3, -0.25) is 9.69 Å². The minimum absolute atomic E-state index is 0.167. The number of aryl methyl sites for hydroxylation is 1. The minimum Gasteiger partial charge on any atom is -0.490 e. The normalized spacial score (nSPS) is 14.8. The molecule has 32 heavy (non-hydrogen) atoms. The van der Waals surface area contributed by atoms with Crippen LogP contribution in [-0.4, -0.2) is 23.4 Å². The van der Waals surface area contributed by atoms with Crippen molar-refractivity contribution in [2.75, 3.05) is 18.1 Å². The first-order valence-electron chi connectivity index (χ1n) is 9.97. The van der Waals surface area contributed by atoms with E-state index >= 15 is 0 Å². The van der Waals surface area contributed by atoms with Crippen molar-refractivity contribution in [1.82, 2.24) is 0 Å². The number of carbonyl (C=O) groups is 1. The highest BCUT2D eigenvalue weighted by Crippen LogP contribution is 2.37. The summed E-state index contributed by atoms with van der Waals surface area (Å²) in [4.78, 5) is 15.1. The second kappa shape index (κ2) is 10.2. The quantitative estimate of drug-likeness (QED) is 0.218. The summed E-state index contributed by atoms with van der Waals surface area (Å²) in [6.07, 6.45) is 1.77. The van der Waals surface area contributed by atoms with Gasteiger partial charge in [-0.25, -0.2) is 0 Å². The van der Waals surface area contributed by atoms with Crippen molar-refractivity contribution in [3.05, 3.63) is 93.9 Å². The number of thiocarbonyl (C=S) groups is 1. The zero-order valence-corrected chi connectivity index (χ0v) is 19.7. The van der Waals surface area contributed by atoms with Gasteiger partial charge in [0, 0.05) is 10.6 Å². The monoisotopic (exact) mass is 481 g/mol. The van der Waals surface area contributed by atoms with Crippen molar-refractivity contribution in [3.63, 3.8) is 0 Å². The molecule has 1 heterocycles. The van der Waals surface area contributed by atoms with Crippen LogP contribution in [0.25, 0.3) is 6.08 Å². The van der Waals surface area contributed by atoms with Crippen molar-refractivity contribution in [2.24, 2.45) is 0 Å². The number of para-hydroxylation sites is 2. The number of thioether (sulfide) groups is 1. The van der Waals surface area contributed by atoms with E-state index in [1.165, 1.54) is 16.7 Å². The van der Waals surface area contributed by atoms with E-state index in [1.807, 2.05) is 61.5 Å². The standard InChI is InChI=1S/C25H20ClNO3S2/c1-17-7-5-6-10-21(17)29-13-14-30-22-12-11-19(26)15-18(22)16-23-24(28)27(25(31)32-23)20-8-3-2-4-9-20/h2-12,15-16H,13-14H2,1H3. The van der Waals surface area contributed by atoms with E-state index in [9.17, 15) is 4.79 Å². The molecule has 0 aromatic heterocycles. The molecule has 7 heteroatoms. The summed E-state index contributed by atoms with van der Waals surface area (Å²) < 4.78 is 12.2. The Morgan fingerprint density at radius 1 is 0.969 bits per heavy atom. The van der Waals surface area contributed by atoms with Crippen LogP contribution in [0, 0.1) is 6.92 Å². The van der Waals surface area contributed by atoms with Crippen molar-refractivity contribution in [2.45, 2.75) is 6.92 Å². The molecule has 4 nitrogen and oxygen atoms in total. The van der Waals surface area contributed by atoms with Gasteiger partial charge in [-0.05, 0) is 55.0 Å². The maximum atomic E-state index is 13.0. The van der Waals surface area contributed by atoms with Crippen molar-refractivity contribution in [1.29, 1.82) is 0 Å². The molecule has 162 valence electrons. The van der Waals surface area contributed by atoms with Crippen LogP contribution in [0.2, 0.25) is 5.02 Å². The Hall–Kier alpha value is -2.80. The Morgan fingerprint density at radius 2 is 1.66 bits per heavy atom. The molecule has 0 aliphatic carbocycles. The third kappa shape index (κ3) is 5.15. The van der Waals surface area contributed by atoms with Gasteiger partial charge in [-0.1, -0.05) is 72.0 Å². The number of benzene rings is 3. The van der Waals surface area contributed by atoms with Crippen LogP contribution in [0.4, 0.5) is 5.69 Å². The van der Waals surface area contributed by atoms with E-state index in [4.69, 9.17) is 33.3 Å². The largest absolute Gasteiger partial charge is 0.490 e. The summed E-state index contributed by atoms with van der Waals surface area (Å²) in [6, 6.07) is 22.5. The lowest BCUT2D eigenvalue weighted by Gasteiger charge is -2.14. The van der Waals surface area contributed by atoms with E-state index in [0.29, 0.717) is 38.8 Å². The highest BCUT2D eigenvalue weighted by atomic mass is 35.5. The topological polar surface area (TPSA) is 38.8 Å². The van der Waals surface area contributed by atoms with Crippen LogP contribution in [0.15, 0.2) is 77.7 Å². The molecule has 1 fully saturated rings. The molecule has 1 amide bonds. The van der Waals surface area contributed by atoms with Crippen LogP contribution in [0.5, 0.6) is 11.5 Å². The van der Waals surface area contributed by atoms with Crippen LogP contribution in [-0.2, 0) is 4.79 Å². The molecule has 0 unspecified atom stereocenters. The Balaban J connectivity index is 1.48. The summed E-state index contributed by atoms with van der Waals surface area (Å²) in [7, 11) is 0. The molecular formula is C25H20ClNO3S2. The van der Waals surface area contributed by atoms with Gasteiger partial charge in [0.2, 0.25) is 0 Å².